The number of rotatable bonds is 11. The standard InChI is InChI=1S/C29H40O3Si/c1-25(20-21-28-30-23-24-31-28)15-9-5-6-14-22-32-33(29(2,3)4,26-16-10-7-11-17-26)27-18-12-8-13-19-27/h5,7-13,15-19,28H,6,14,20-24H2,1-4H3/b9-5+,25-15+. The minimum Gasteiger partial charge on any atom is -0.407 e. The molecule has 0 saturated carbocycles. The lowest BCUT2D eigenvalue weighted by Crippen LogP contribution is -2.66. The van der Waals surface area contributed by atoms with Crippen molar-refractivity contribution in [2.45, 2.75) is 64.7 Å². The molecule has 1 fully saturated rings. The van der Waals surface area contributed by atoms with E-state index in [1.807, 2.05) is 0 Å². The molecule has 1 heterocycles. The summed E-state index contributed by atoms with van der Waals surface area (Å²) >= 11 is 0. The third-order valence-electron chi connectivity index (χ3n) is 6.23. The topological polar surface area (TPSA) is 27.7 Å². The molecule has 0 N–H and O–H groups in total. The van der Waals surface area contributed by atoms with Gasteiger partial charge in [0.2, 0.25) is 0 Å². The van der Waals surface area contributed by atoms with Crippen molar-refractivity contribution in [2.75, 3.05) is 19.8 Å². The highest BCUT2D eigenvalue weighted by atomic mass is 28.4. The molecule has 0 spiro atoms. The normalized spacial score (nSPS) is 16.1. The lowest BCUT2D eigenvalue weighted by Gasteiger charge is -2.43. The number of allylic oxidation sites excluding steroid dienone is 4. The van der Waals surface area contributed by atoms with Crippen LogP contribution in [0.1, 0.15) is 53.4 Å². The Labute approximate surface area is 201 Å². The first-order valence-electron chi connectivity index (χ1n) is 12.2. The van der Waals surface area contributed by atoms with Crippen molar-refractivity contribution in [1.82, 2.24) is 0 Å². The van der Waals surface area contributed by atoms with Crippen LogP contribution in [0.2, 0.25) is 5.04 Å². The largest absolute Gasteiger partial charge is 0.407 e. The summed E-state index contributed by atoms with van der Waals surface area (Å²) in [5.74, 6) is 0. The van der Waals surface area contributed by atoms with Crippen molar-refractivity contribution >= 4 is 18.7 Å². The fraction of sp³-hybridized carbons (Fsp3) is 0.448. The average Bonchev–Trinajstić information content (AvgIpc) is 3.34. The summed E-state index contributed by atoms with van der Waals surface area (Å²) in [6.07, 6.45) is 10.6. The first-order chi connectivity index (χ1) is 15.9. The molecule has 33 heavy (non-hydrogen) atoms. The second-order valence-electron chi connectivity index (χ2n) is 9.80. The maximum atomic E-state index is 6.95. The molecule has 2 aromatic rings. The van der Waals surface area contributed by atoms with Crippen LogP contribution in [0.25, 0.3) is 0 Å². The molecule has 2 aromatic carbocycles. The Bertz CT molecular complexity index is 839. The zero-order valence-corrected chi connectivity index (χ0v) is 21.8. The van der Waals surface area contributed by atoms with Gasteiger partial charge in [-0.15, -0.1) is 0 Å². The highest BCUT2D eigenvalue weighted by Crippen LogP contribution is 2.36. The van der Waals surface area contributed by atoms with Gasteiger partial charge in [0.15, 0.2) is 6.29 Å². The van der Waals surface area contributed by atoms with Crippen LogP contribution < -0.4 is 10.4 Å². The lowest BCUT2D eigenvalue weighted by atomic mass is 10.1. The molecule has 0 unspecified atom stereocenters. The van der Waals surface area contributed by atoms with E-state index in [4.69, 9.17) is 13.9 Å². The first kappa shape index (κ1) is 25.6. The monoisotopic (exact) mass is 464 g/mol. The Kier molecular flexibility index (Phi) is 9.69. The highest BCUT2D eigenvalue weighted by molar-refractivity contribution is 6.99. The number of hydrogen-bond donors (Lipinski definition) is 0. The molecule has 4 heteroatoms. The molecule has 0 radical (unpaired) electrons. The predicted molar refractivity (Wildman–Crippen MR) is 141 cm³/mol. The smallest absolute Gasteiger partial charge is 0.261 e. The molecule has 0 bridgehead atoms. The second kappa shape index (κ2) is 12.5. The van der Waals surface area contributed by atoms with Crippen LogP contribution in [0.3, 0.4) is 0 Å². The van der Waals surface area contributed by atoms with Crippen molar-refractivity contribution in [3.05, 3.63) is 84.5 Å². The second-order valence-corrected chi connectivity index (χ2v) is 14.1. The van der Waals surface area contributed by atoms with Crippen LogP contribution >= 0.6 is 0 Å². The van der Waals surface area contributed by atoms with E-state index >= 15 is 0 Å². The zero-order chi connectivity index (χ0) is 23.6. The van der Waals surface area contributed by atoms with Gasteiger partial charge in [0.1, 0.15) is 0 Å². The molecule has 1 aliphatic rings. The molecule has 0 aromatic heterocycles. The van der Waals surface area contributed by atoms with Gasteiger partial charge in [0.25, 0.3) is 8.32 Å². The van der Waals surface area contributed by atoms with E-state index in [-0.39, 0.29) is 11.3 Å². The number of ether oxygens (including phenoxy) is 2. The molecular weight excluding hydrogens is 424 g/mol. The van der Waals surface area contributed by atoms with Gasteiger partial charge in [-0.3, -0.25) is 0 Å². The molecule has 1 aliphatic heterocycles. The van der Waals surface area contributed by atoms with Gasteiger partial charge in [-0.25, -0.2) is 0 Å². The van der Waals surface area contributed by atoms with Gasteiger partial charge < -0.3 is 13.9 Å². The maximum absolute atomic E-state index is 6.95. The highest BCUT2D eigenvalue weighted by Gasteiger charge is 2.49. The van der Waals surface area contributed by atoms with Gasteiger partial charge in [-0.1, -0.05) is 105 Å². The van der Waals surface area contributed by atoms with Crippen LogP contribution in [-0.2, 0) is 13.9 Å². The van der Waals surface area contributed by atoms with Gasteiger partial charge >= 0.3 is 0 Å². The summed E-state index contributed by atoms with van der Waals surface area (Å²) in [5, 5.41) is 2.71. The van der Waals surface area contributed by atoms with Crippen molar-refractivity contribution < 1.29 is 13.9 Å². The fourth-order valence-corrected chi connectivity index (χ4v) is 9.13. The molecule has 0 aliphatic carbocycles. The van der Waals surface area contributed by atoms with E-state index in [9.17, 15) is 0 Å². The Balaban J connectivity index is 1.59. The van der Waals surface area contributed by atoms with Crippen molar-refractivity contribution in [3.63, 3.8) is 0 Å². The van der Waals surface area contributed by atoms with E-state index in [2.05, 4.69) is 107 Å². The molecule has 3 nitrogen and oxygen atoms in total. The summed E-state index contributed by atoms with van der Waals surface area (Å²) in [6, 6.07) is 21.7. The third kappa shape index (κ3) is 7.00. The Hall–Kier alpha value is -1.98. The van der Waals surface area contributed by atoms with Gasteiger partial charge in [0, 0.05) is 13.0 Å². The van der Waals surface area contributed by atoms with Crippen molar-refractivity contribution in [2.24, 2.45) is 0 Å². The summed E-state index contributed by atoms with van der Waals surface area (Å²) in [4.78, 5) is 0. The van der Waals surface area contributed by atoms with Crippen LogP contribution in [0.15, 0.2) is 84.5 Å². The maximum Gasteiger partial charge on any atom is 0.261 e. The molecule has 3 rings (SSSR count). The van der Waals surface area contributed by atoms with Crippen LogP contribution in [0.4, 0.5) is 0 Å². The quantitative estimate of drug-likeness (QED) is 0.232. The summed E-state index contributed by atoms with van der Waals surface area (Å²) in [6.45, 7) is 11.4. The number of hydrogen-bond acceptors (Lipinski definition) is 3. The molecular formula is C29H40O3Si. The summed E-state index contributed by atoms with van der Waals surface area (Å²) < 4.78 is 18.0. The van der Waals surface area contributed by atoms with Gasteiger partial charge in [-0.05, 0) is 41.6 Å². The van der Waals surface area contributed by atoms with E-state index in [1.54, 1.807) is 0 Å². The zero-order valence-electron chi connectivity index (χ0n) is 20.8. The van der Waals surface area contributed by atoms with Crippen LogP contribution in [0, 0.1) is 0 Å². The first-order valence-corrected chi connectivity index (χ1v) is 14.1. The van der Waals surface area contributed by atoms with Gasteiger partial charge in [-0.2, -0.15) is 0 Å². The Morgan fingerprint density at radius 2 is 1.55 bits per heavy atom. The number of benzene rings is 2. The minimum atomic E-state index is -2.42. The molecule has 0 amide bonds. The van der Waals surface area contributed by atoms with E-state index in [0.29, 0.717) is 0 Å². The average molecular weight is 465 g/mol. The van der Waals surface area contributed by atoms with Crippen molar-refractivity contribution in [3.8, 4) is 0 Å². The molecule has 0 atom stereocenters. The number of unbranched alkanes of at least 4 members (excludes halogenated alkanes) is 1. The molecule has 1 saturated heterocycles. The van der Waals surface area contributed by atoms with E-state index in [1.165, 1.54) is 15.9 Å². The van der Waals surface area contributed by atoms with E-state index in [0.717, 1.165) is 45.5 Å². The minimum absolute atomic E-state index is 0.0176. The van der Waals surface area contributed by atoms with Crippen LogP contribution in [-0.4, -0.2) is 34.4 Å². The van der Waals surface area contributed by atoms with Crippen LogP contribution in [0.5, 0.6) is 0 Å². The Morgan fingerprint density at radius 3 is 2.09 bits per heavy atom. The summed E-state index contributed by atoms with van der Waals surface area (Å²) in [5.41, 5.74) is 1.36. The van der Waals surface area contributed by atoms with E-state index < -0.39 is 8.32 Å². The predicted octanol–water partition coefficient (Wildman–Crippen LogP) is 6.00. The third-order valence-corrected chi connectivity index (χ3v) is 11.3. The molecule has 178 valence electrons. The van der Waals surface area contributed by atoms with Gasteiger partial charge in [0.05, 0.1) is 13.2 Å². The SMILES string of the molecule is C/C(=C\C=C\CCCO[Si](c1ccccc1)(c1ccccc1)C(C)(C)C)CCC1OCCO1. The van der Waals surface area contributed by atoms with Crippen molar-refractivity contribution in [1.29, 1.82) is 0 Å². The lowest BCUT2D eigenvalue weighted by molar-refractivity contribution is -0.0461. The Morgan fingerprint density at radius 1 is 0.970 bits per heavy atom. The fourth-order valence-electron chi connectivity index (χ4n) is 4.52. The summed E-state index contributed by atoms with van der Waals surface area (Å²) in [7, 11) is -2.42.